The van der Waals surface area contributed by atoms with E-state index in [9.17, 15) is 4.79 Å². The van der Waals surface area contributed by atoms with Gasteiger partial charge in [-0.05, 0) is 48.9 Å². The van der Waals surface area contributed by atoms with Gasteiger partial charge >= 0.3 is 0 Å². The third kappa shape index (κ3) is 2.23. The molecule has 0 saturated heterocycles. The number of anilines is 1. The fourth-order valence-electron chi connectivity index (χ4n) is 3.13. The topological polar surface area (TPSA) is 41.1 Å². The normalized spacial score (nSPS) is 20.2. The predicted molar refractivity (Wildman–Crippen MR) is 86.2 cm³/mol. The molecule has 21 heavy (non-hydrogen) atoms. The van der Waals surface area contributed by atoms with Crippen molar-refractivity contribution in [3.8, 4) is 0 Å². The van der Waals surface area contributed by atoms with Gasteiger partial charge < -0.3 is 10.6 Å². The van der Waals surface area contributed by atoms with Gasteiger partial charge in [0.15, 0.2) is 0 Å². The summed E-state index contributed by atoms with van der Waals surface area (Å²) in [7, 11) is 0. The Morgan fingerprint density at radius 2 is 2.05 bits per heavy atom. The van der Waals surface area contributed by atoms with E-state index in [0.717, 1.165) is 29.0 Å². The Balaban J connectivity index is 1.72. The summed E-state index contributed by atoms with van der Waals surface area (Å²) in [6.07, 6.45) is 4.33. The molecule has 0 saturated carbocycles. The number of hydrogen-bond donors (Lipinski definition) is 2. The monoisotopic (exact) mass is 318 g/mol. The second-order valence-corrected chi connectivity index (χ2v) is 7.06. The van der Waals surface area contributed by atoms with E-state index < -0.39 is 0 Å². The molecule has 1 aliphatic heterocycles. The number of carbonyl (C=O) groups excluding carboxylic acids is 1. The lowest BCUT2D eigenvalue weighted by molar-refractivity contribution is 0.0935. The summed E-state index contributed by atoms with van der Waals surface area (Å²) in [6.45, 7) is 0. The number of nitrogens with one attached hydrogen (secondary N) is 2. The van der Waals surface area contributed by atoms with Crippen molar-refractivity contribution >= 4 is 33.8 Å². The minimum Gasteiger partial charge on any atom is -0.353 e. The molecule has 0 bridgehead atoms. The molecular formula is C16H15ClN2OS. The highest BCUT2D eigenvalue weighted by Crippen LogP contribution is 2.41. The number of halogens is 1. The molecule has 1 amide bonds. The van der Waals surface area contributed by atoms with E-state index in [4.69, 9.17) is 11.6 Å². The molecule has 2 aromatic rings. The number of hydrogen-bond acceptors (Lipinski definition) is 3. The average molecular weight is 319 g/mol. The van der Waals surface area contributed by atoms with Crippen LogP contribution in [0.25, 0.3) is 0 Å². The fraction of sp³-hybridized carbons (Fsp3) is 0.312. The van der Waals surface area contributed by atoms with Gasteiger partial charge in [-0.1, -0.05) is 23.7 Å². The molecule has 108 valence electrons. The minimum absolute atomic E-state index is 0.0353. The van der Waals surface area contributed by atoms with Crippen molar-refractivity contribution in [2.45, 2.75) is 31.8 Å². The van der Waals surface area contributed by atoms with Gasteiger partial charge in [0.1, 0.15) is 11.2 Å². The van der Waals surface area contributed by atoms with E-state index >= 15 is 0 Å². The largest absolute Gasteiger partial charge is 0.353 e. The highest BCUT2D eigenvalue weighted by atomic mass is 35.5. The van der Waals surface area contributed by atoms with Gasteiger partial charge in [0.25, 0.3) is 5.91 Å². The van der Waals surface area contributed by atoms with Crippen molar-refractivity contribution in [3.05, 3.63) is 50.9 Å². The van der Waals surface area contributed by atoms with E-state index in [0.29, 0.717) is 5.02 Å². The Morgan fingerprint density at radius 3 is 2.90 bits per heavy atom. The van der Waals surface area contributed by atoms with Gasteiger partial charge in [0.05, 0.1) is 5.56 Å². The number of carbonyl (C=O) groups is 1. The smallest absolute Gasteiger partial charge is 0.256 e. The predicted octanol–water partition coefficient (Wildman–Crippen LogP) is 4.13. The lowest BCUT2D eigenvalue weighted by atomic mass is 9.94. The van der Waals surface area contributed by atoms with Crippen molar-refractivity contribution in [2.24, 2.45) is 0 Å². The zero-order valence-electron chi connectivity index (χ0n) is 11.4. The van der Waals surface area contributed by atoms with E-state index in [2.05, 4.69) is 10.6 Å². The molecule has 0 fully saturated rings. The van der Waals surface area contributed by atoms with Crippen LogP contribution >= 0.6 is 22.9 Å². The Bertz CT molecular complexity index is 725. The number of aryl methyl sites for hydroxylation is 1. The summed E-state index contributed by atoms with van der Waals surface area (Å²) in [5.74, 6) is 0.0353. The first-order chi connectivity index (χ1) is 10.2. The van der Waals surface area contributed by atoms with E-state index in [1.165, 1.54) is 23.3 Å². The van der Waals surface area contributed by atoms with Crippen LogP contribution in [0.4, 0.5) is 5.00 Å². The molecule has 1 aromatic heterocycles. The number of fused-ring (bicyclic) bond motifs is 3. The first kappa shape index (κ1) is 13.2. The van der Waals surface area contributed by atoms with Crippen LogP contribution in [0.2, 0.25) is 5.02 Å². The Morgan fingerprint density at radius 1 is 1.19 bits per heavy atom. The minimum atomic E-state index is -0.205. The summed E-state index contributed by atoms with van der Waals surface area (Å²) in [5, 5.41) is 8.20. The summed E-state index contributed by atoms with van der Waals surface area (Å²) < 4.78 is 0. The molecule has 0 spiro atoms. The highest BCUT2D eigenvalue weighted by Gasteiger charge is 2.31. The van der Waals surface area contributed by atoms with Gasteiger partial charge in [0, 0.05) is 9.90 Å². The van der Waals surface area contributed by atoms with Crippen LogP contribution in [-0.2, 0) is 12.8 Å². The Labute approximate surface area is 132 Å². The Kier molecular flexibility index (Phi) is 3.16. The molecule has 1 aliphatic carbocycles. The van der Waals surface area contributed by atoms with Crippen LogP contribution in [0.3, 0.4) is 0 Å². The van der Waals surface area contributed by atoms with Crippen LogP contribution in [0.15, 0.2) is 24.3 Å². The Hall–Kier alpha value is -1.52. The second kappa shape index (κ2) is 5.04. The van der Waals surface area contributed by atoms with Gasteiger partial charge in [-0.3, -0.25) is 4.79 Å². The summed E-state index contributed by atoms with van der Waals surface area (Å²) in [5.41, 5.74) is 3.11. The van der Waals surface area contributed by atoms with E-state index in [-0.39, 0.29) is 12.1 Å². The third-order valence-corrected chi connectivity index (χ3v) is 5.59. The number of rotatable bonds is 1. The summed E-state index contributed by atoms with van der Waals surface area (Å²) in [6, 6.07) is 7.60. The van der Waals surface area contributed by atoms with Crippen molar-refractivity contribution < 1.29 is 4.79 Å². The molecule has 4 rings (SSSR count). The molecule has 1 unspecified atom stereocenters. The quantitative estimate of drug-likeness (QED) is 0.830. The van der Waals surface area contributed by atoms with E-state index in [1.54, 1.807) is 11.3 Å². The molecule has 5 heteroatoms. The van der Waals surface area contributed by atoms with Crippen LogP contribution in [0.5, 0.6) is 0 Å². The number of amides is 1. The zero-order chi connectivity index (χ0) is 14.4. The molecule has 3 nitrogen and oxygen atoms in total. The van der Waals surface area contributed by atoms with Crippen molar-refractivity contribution in [3.63, 3.8) is 0 Å². The standard InChI is InChI=1S/C16H15ClN2OS/c17-10-5-3-4-9(8-10)14-18-15(20)13-11-6-1-2-7-12(11)21-16(13)19-14/h3-5,8,14,19H,1-2,6-7H2,(H,18,20). The second-order valence-electron chi connectivity index (χ2n) is 5.52. The summed E-state index contributed by atoms with van der Waals surface area (Å²) >= 11 is 7.78. The van der Waals surface area contributed by atoms with Gasteiger partial charge in [-0.2, -0.15) is 0 Å². The molecule has 0 radical (unpaired) electrons. The van der Waals surface area contributed by atoms with Crippen LogP contribution in [0, 0.1) is 0 Å². The molecule has 1 atom stereocenters. The maximum atomic E-state index is 12.5. The van der Waals surface area contributed by atoms with Crippen molar-refractivity contribution in [1.82, 2.24) is 5.32 Å². The number of thiophene rings is 1. The molecule has 2 heterocycles. The van der Waals surface area contributed by atoms with Crippen molar-refractivity contribution in [1.29, 1.82) is 0 Å². The first-order valence-corrected chi connectivity index (χ1v) is 8.39. The van der Waals surface area contributed by atoms with E-state index in [1.807, 2.05) is 24.3 Å². The average Bonchev–Trinajstić information content (AvgIpc) is 2.86. The SMILES string of the molecule is O=C1NC(c2cccc(Cl)c2)Nc2sc3c(c21)CCCC3. The van der Waals surface area contributed by atoms with Crippen LogP contribution < -0.4 is 10.6 Å². The van der Waals surface area contributed by atoms with Crippen molar-refractivity contribution in [2.75, 3.05) is 5.32 Å². The maximum absolute atomic E-state index is 12.5. The highest BCUT2D eigenvalue weighted by molar-refractivity contribution is 7.16. The number of benzene rings is 1. The molecule has 1 aromatic carbocycles. The zero-order valence-corrected chi connectivity index (χ0v) is 13.0. The third-order valence-electron chi connectivity index (χ3n) is 4.13. The van der Waals surface area contributed by atoms with Crippen LogP contribution in [-0.4, -0.2) is 5.91 Å². The first-order valence-electron chi connectivity index (χ1n) is 7.20. The molecular weight excluding hydrogens is 304 g/mol. The summed E-state index contributed by atoms with van der Waals surface area (Å²) in [4.78, 5) is 13.9. The van der Waals surface area contributed by atoms with Crippen LogP contribution in [0.1, 0.15) is 45.4 Å². The molecule has 2 N–H and O–H groups in total. The lowest BCUT2D eigenvalue weighted by Crippen LogP contribution is -2.38. The van der Waals surface area contributed by atoms with Gasteiger partial charge in [0.2, 0.25) is 0 Å². The maximum Gasteiger partial charge on any atom is 0.256 e. The van der Waals surface area contributed by atoms with Gasteiger partial charge in [-0.25, -0.2) is 0 Å². The fourth-order valence-corrected chi connectivity index (χ4v) is 4.64. The molecule has 2 aliphatic rings. The lowest BCUT2D eigenvalue weighted by Gasteiger charge is -2.26. The van der Waals surface area contributed by atoms with Gasteiger partial charge in [-0.15, -0.1) is 11.3 Å².